The van der Waals surface area contributed by atoms with Gasteiger partial charge >= 0.3 is 0 Å². The van der Waals surface area contributed by atoms with Crippen molar-refractivity contribution in [2.24, 2.45) is 0 Å². The van der Waals surface area contributed by atoms with Crippen molar-refractivity contribution in [3.05, 3.63) is 28.8 Å². The first kappa shape index (κ1) is 13.2. The van der Waals surface area contributed by atoms with Gasteiger partial charge in [0.1, 0.15) is 0 Å². The van der Waals surface area contributed by atoms with Gasteiger partial charge in [-0.1, -0.05) is 17.7 Å². The fraction of sp³-hybridized carbons (Fsp3) is 0.600. The van der Waals surface area contributed by atoms with Crippen molar-refractivity contribution in [3.63, 3.8) is 0 Å². The van der Waals surface area contributed by atoms with E-state index in [1.165, 1.54) is 31.4 Å². The number of fused-ring (bicyclic) bond motifs is 2. The zero-order chi connectivity index (χ0) is 13.4. The van der Waals surface area contributed by atoms with Crippen LogP contribution in [0.2, 0.25) is 5.02 Å². The predicted octanol–water partition coefficient (Wildman–Crippen LogP) is 2.59. The Morgan fingerprint density at radius 2 is 2.05 bits per heavy atom. The Bertz CT molecular complexity index is 463. The summed E-state index contributed by atoms with van der Waals surface area (Å²) in [6, 6.07) is 7.37. The Hall–Kier alpha value is -0.770. The molecule has 2 aliphatic rings. The lowest BCUT2D eigenvalue weighted by Crippen LogP contribution is -2.36. The summed E-state index contributed by atoms with van der Waals surface area (Å²) in [4.78, 5) is 5.11. The van der Waals surface area contributed by atoms with Crippen LogP contribution in [0.5, 0.6) is 0 Å². The van der Waals surface area contributed by atoms with Gasteiger partial charge in [-0.15, -0.1) is 0 Å². The number of likely N-dealkylation sites (tertiary alicyclic amines) is 1. The zero-order valence-electron chi connectivity index (χ0n) is 11.5. The molecule has 0 amide bonds. The topological polar surface area (TPSA) is 32.5 Å². The van der Waals surface area contributed by atoms with Crippen LogP contribution in [0.3, 0.4) is 0 Å². The first-order valence-corrected chi connectivity index (χ1v) is 7.49. The summed E-state index contributed by atoms with van der Waals surface area (Å²) >= 11 is 6.28. The molecule has 0 radical (unpaired) electrons. The van der Waals surface area contributed by atoms with Crippen molar-refractivity contribution in [3.8, 4) is 0 Å². The summed E-state index contributed by atoms with van der Waals surface area (Å²) in [5.41, 5.74) is 7.68. The second kappa shape index (κ2) is 5.31. The fourth-order valence-electron chi connectivity index (χ4n) is 3.46. The van der Waals surface area contributed by atoms with Gasteiger partial charge in [-0.05, 0) is 44.0 Å². The van der Waals surface area contributed by atoms with E-state index in [1.807, 2.05) is 12.1 Å². The monoisotopic (exact) mass is 279 g/mol. The van der Waals surface area contributed by atoms with Gasteiger partial charge in [-0.25, -0.2) is 0 Å². The van der Waals surface area contributed by atoms with Crippen molar-refractivity contribution < 1.29 is 0 Å². The van der Waals surface area contributed by atoms with Crippen LogP contribution in [-0.4, -0.2) is 42.0 Å². The maximum absolute atomic E-state index is 6.28. The van der Waals surface area contributed by atoms with Crippen LogP contribution in [0.4, 0.5) is 5.69 Å². The lowest BCUT2D eigenvalue weighted by molar-refractivity contribution is 0.214. The number of halogens is 1. The molecule has 1 aromatic rings. The first-order valence-electron chi connectivity index (χ1n) is 7.11. The molecule has 19 heavy (non-hydrogen) atoms. The molecule has 1 aromatic carbocycles. The van der Waals surface area contributed by atoms with Gasteiger partial charge in [-0.3, -0.25) is 9.80 Å². The van der Waals surface area contributed by atoms with Gasteiger partial charge in [0.25, 0.3) is 0 Å². The molecular weight excluding hydrogens is 258 g/mol. The smallest absolute Gasteiger partial charge is 0.0471 e. The standard InChI is InChI=1S/C15H22ClN3/c1-18-13-4-5-14(18)10-19(7-6-13)9-11-2-3-12(17)8-15(11)16/h2-3,8,13-14H,4-7,9-10,17H2,1H3. The van der Waals surface area contributed by atoms with Crippen LogP contribution in [0.1, 0.15) is 24.8 Å². The molecule has 0 aliphatic carbocycles. The molecule has 2 heterocycles. The van der Waals surface area contributed by atoms with Gasteiger partial charge in [0.15, 0.2) is 0 Å². The largest absolute Gasteiger partial charge is 0.399 e. The van der Waals surface area contributed by atoms with Crippen molar-refractivity contribution >= 4 is 17.3 Å². The van der Waals surface area contributed by atoms with E-state index >= 15 is 0 Å². The molecule has 2 atom stereocenters. The van der Waals surface area contributed by atoms with Gasteiger partial charge in [-0.2, -0.15) is 0 Å². The maximum atomic E-state index is 6.28. The van der Waals surface area contributed by atoms with E-state index in [9.17, 15) is 0 Å². The van der Waals surface area contributed by atoms with E-state index in [-0.39, 0.29) is 0 Å². The molecule has 3 nitrogen and oxygen atoms in total. The van der Waals surface area contributed by atoms with Crippen LogP contribution in [-0.2, 0) is 6.54 Å². The third-order valence-corrected chi connectivity index (χ3v) is 5.06. The van der Waals surface area contributed by atoms with Crippen LogP contribution in [0.15, 0.2) is 18.2 Å². The number of benzene rings is 1. The van der Waals surface area contributed by atoms with E-state index in [4.69, 9.17) is 17.3 Å². The van der Waals surface area contributed by atoms with Gasteiger partial charge < -0.3 is 5.73 Å². The maximum Gasteiger partial charge on any atom is 0.0471 e. The third kappa shape index (κ3) is 2.73. The molecule has 2 bridgehead atoms. The van der Waals surface area contributed by atoms with E-state index in [0.29, 0.717) is 0 Å². The number of hydrogen-bond donors (Lipinski definition) is 1. The number of nitrogen functional groups attached to an aromatic ring is 1. The molecule has 0 aromatic heterocycles. The second-order valence-electron chi connectivity index (χ2n) is 5.93. The second-order valence-corrected chi connectivity index (χ2v) is 6.33. The molecular formula is C15H22ClN3. The lowest BCUT2D eigenvalue weighted by atomic mass is 10.1. The quantitative estimate of drug-likeness (QED) is 0.845. The average molecular weight is 280 g/mol. The lowest BCUT2D eigenvalue weighted by Gasteiger charge is -2.26. The normalized spacial score (nSPS) is 28.5. The van der Waals surface area contributed by atoms with E-state index < -0.39 is 0 Å². The van der Waals surface area contributed by atoms with E-state index in [1.54, 1.807) is 0 Å². The number of rotatable bonds is 2. The number of hydrogen-bond acceptors (Lipinski definition) is 3. The summed E-state index contributed by atoms with van der Waals surface area (Å²) in [5.74, 6) is 0. The average Bonchev–Trinajstić information content (AvgIpc) is 2.60. The summed E-state index contributed by atoms with van der Waals surface area (Å²) in [5, 5.41) is 0.794. The summed E-state index contributed by atoms with van der Waals surface area (Å²) in [7, 11) is 2.28. The Labute approximate surface area is 120 Å². The molecule has 2 saturated heterocycles. The SMILES string of the molecule is CN1C2CCC1CN(Cc1ccc(N)cc1Cl)CC2. The van der Waals surface area contributed by atoms with Gasteiger partial charge in [0.2, 0.25) is 0 Å². The highest BCUT2D eigenvalue weighted by Crippen LogP contribution is 2.30. The summed E-state index contributed by atoms with van der Waals surface area (Å²) in [6.07, 6.45) is 3.99. The molecule has 104 valence electrons. The first-order chi connectivity index (χ1) is 9.13. The minimum absolute atomic E-state index is 0.722. The van der Waals surface area contributed by atoms with E-state index in [2.05, 4.69) is 22.9 Å². The van der Waals surface area contributed by atoms with Crippen LogP contribution >= 0.6 is 11.6 Å². The molecule has 2 N–H and O–H groups in total. The summed E-state index contributed by atoms with van der Waals surface area (Å²) < 4.78 is 0. The highest BCUT2D eigenvalue weighted by molar-refractivity contribution is 6.31. The Kier molecular flexibility index (Phi) is 3.70. The Morgan fingerprint density at radius 3 is 2.84 bits per heavy atom. The van der Waals surface area contributed by atoms with Crippen LogP contribution in [0, 0.1) is 0 Å². The molecule has 0 saturated carbocycles. The van der Waals surface area contributed by atoms with E-state index in [0.717, 1.165) is 35.9 Å². The minimum Gasteiger partial charge on any atom is -0.399 e. The summed E-state index contributed by atoms with van der Waals surface area (Å²) in [6.45, 7) is 3.27. The Balaban J connectivity index is 1.70. The third-order valence-electron chi connectivity index (χ3n) is 4.70. The highest BCUT2D eigenvalue weighted by atomic mass is 35.5. The number of anilines is 1. The highest BCUT2D eigenvalue weighted by Gasteiger charge is 2.34. The molecule has 3 rings (SSSR count). The zero-order valence-corrected chi connectivity index (χ0v) is 12.2. The van der Waals surface area contributed by atoms with Crippen molar-refractivity contribution in [2.75, 3.05) is 25.9 Å². The Morgan fingerprint density at radius 1 is 1.26 bits per heavy atom. The van der Waals surface area contributed by atoms with Gasteiger partial charge in [0.05, 0.1) is 0 Å². The molecule has 2 unspecified atom stereocenters. The minimum atomic E-state index is 0.722. The van der Waals surface area contributed by atoms with Crippen LogP contribution in [0.25, 0.3) is 0 Å². The molecule has 2 fully saturated rings. The number of nitrogens with zero attached hydrogens (tertiary/aromatic N) is 2. The fourth-order valence-corrected chi connectivity index (χ4v) is 3.70. The number of nitrogens with two attached hydrogens (primary N) is 1. The molecule has 0 spiro atoms. The molecule has 2 aliphatic heterocycles. The van der Waals surface area contributed by atoms with Crippen molar-refractivity contribution in [1.29, 1.82) is 0 Å². The van der Waals surface area contributed by atoms with Gasteiger partial charge in [0, 0.05) is 42.4 Å². The van der Waals surface area contributed by atoms with Crippen LogP contribution < -0.4 is 5.73 Å². The van der Waals surface area contributed by atoms with Crippen molar-refractivity contribution in [2.45, 2.75) is 37.9 Å². The van der Waals surface area contributed by atoms with Crippen molar-refractivity contribution in [1.82, 2.24) is 9.80 Å². The predicted molar refractivity (Wildman–Crippen MR) is 80.3 cm³/mol. The number of likely N-dealkylation sites (N-methyl/N-ethyl adjacent to an activating group) is 1. The molecule has 4 heteroatoms.